The molecule has 0 aromatic rings. The first-order chi connectivity index (χ1) is 9.04. The molecule has 0 fully saturated rings. The highest BCUT2D eigenvalue weighted by Crippen LogP contribution is 2.46. The third-order valence-corrected chi connectivity index (χ3v) is 11.2. The maximum Gasteiger partial charge on any atom is 0.137 e. The Labute approximate surface area is 128 Å². The number of carbonyl (C=O) groups is 1. The molecule has 0 saturated carbocycles. The van der Waals surface area contributed by atoms with Crippen molar-refractivity contribution in [3.63, 3.8) is 0 Å². The van der Waals surface area contributed by atoms with Crippen molar-refractivity contribution in [3.05, 3.63) is 12.2 Å². The van der Waals surface area contributed by atoms with Gasteiger partial charge in [0.2, 0.25) is 0 Å². The summed E-state index contributed by atoms with van der Waals surface area (Å²) in [4.78, 5) is 12.7. The van der Waals surface area contributed by atoms with E-state index in [1.807, 2.05) is 6.92 Å². The van der Waals surface area contributed by atoms with Crippen LogP contribution in [-0.2, 0) is 4.79 Å². The zero-order valence-electron chi connectivity index (χ0n) is 14.9. The van der Waals surface area contributed by atoms with E-state index in [9.17, 15) is 4.79 Å². The van der Waals surface area contributed by atoms with Gasteiger partial charge in [-0.2, -0.15) is 0 Å². The smallest absolute Gasteiger partial charge is 0.137 e. The molecule has 1 nitrogen and oxygen atoms in total. The van der Waals surface area contributed by atoms with Crippen LogP contribution in [0.1, 0.15) is 73.1 Å². The molecule has 0 aliphatic carbocycles. The number of Topliss-reactive ketones (excluding diaryl/α,β-unsaturated/α-hetero) is 1. The van der Waals surface area contributed by atoms with E-state index in [4.69, 9.17) is 0 Å². The van der Waals surface area contributed by atoms with Crippen molar-refractivity contribution in [3.8, 4) is 0 Å². The average molecular weight is 297 g/mol. The molecule has 0 spiro atoms. The molecule has 0 aromatic carbocycles. The van der Waals surface area contributed by atoms with Crippen LogP contribution in [0.3, 0.4) is 0 Å². The summed E-state index contributed by atoms with van der Waals surface area (Å²) in [6.07, 6.45) is 6.67. The lowest BCUT2D eigenvalue weighted by atomic mass is 10.0. The van der Waals surface area contributed by atoms with Gasteiger partial charge in [-0.1, -0.05) is 78.6 Å². The molecule has 0 aromatic heterocycles. The minimum Gasteiger partial charge on any atom is -0.299 e. The molecule has 0 aliphatic heterocycles. The predicted molar refractivity (Wildman–Crippen MR) is 94.1 cm³/mol. The SMILES string of the molecule is C=C(C)CC(=O)C(CCCCCC)[Si](C)(C)C(C)(C)C. The Balaban J connectivity index is 4.96. The Morgan fingerprint density at radius 2 is 1.70 bits per heavy atom. The van der Waals surface area contributed by atoms with E-state index in [1.165, 1.54) is 25.7 Å². The van der Waals surface area contributed by atoms with E-state index in [-0.39, 0.29) is 10.6 Å². The van der Waals surface area contributed by atoms with Gasteiger partial charge < -0.3 is 0 Å². The van der Waals surface area contributed by atoms with Gasteiger partial charge in [0.25, 0.3) is 0 Å². The minimum absolute atomic E-state index is 0.271. The molecule has 0 rings (SSSR count). The number of ketones is 1. The van der Waals surface area contributed by atoms with E-state index in [1.54, 1.807) is 0 Å². The molecule has 0 heterocycles. The zero-order valence-corrected chi connectivity index (χ0v) is 15.9. The van der Waals surface area contributed by atoms with Gasteiger partial charge in [0.15, 0.2) is 0 Å². The van der Waals surface area contributed by atoms with Crippen LogP contribution in [0.2, 0.25) is 23.7 Å². The minimum atomic E-state index is -1.62. The molecular formula is C18H36OSi. The summed E-state index contributed by atoms with van der Waals surface area (Å²) in [7, 11) is -1.62. The third kappa shape index (κ3) is 5.95. The van der Waals surface area contributed by atoms with Crippen LogP contribution < -0.4 is 0 Å². The van der Waals surface area contributed by atoms with Crippen LogP contribution in [0, 0.1) is 0 Å². The lowest BCUT2D eigenvalue weighted by molar-refractivity contribution is -0.118. The van der Waals surface area contributed by atoms with Gasteiger partial charge in [0, 0.05) is 12.0 Å². The number of unbranched alkanes of at least 4 members (excludes halogenated alkanes) is 3. The molecule has 20 heavy (non-hydrogen) atoms. The first-order valence-electron chi connectivity index (χ1n) is 8.21. The summed E-state index contributed by atoms with van der Waals surface area (Å²) in [5.41, 5.74) is 1.29. The normalized spacial score (nSPS) is 14.2. The number of allylic oxidation sites excluding steroid dienone is 1. The van der Waals surface area contributed by atoms with Crippen molar-refractivity contribution in [1.82, 2.24) is 0 Å². The van der Waals surface area contributed by atoms with Crippen molar-refractivity contribution in [2.45, 2.75) is 96.8 Å². The van der Waals surface area contributed by atoms with Crippen molar-refractivity contribution in [1.29, 1.82) is 0 Å². The summed E-state index contributed by atoms with van der Waals surface area (Å²) in [6.45, 7) is 19.9. The van der Waals surface area contributed by atoms with Gasteiger partial charge >= 0.3 is 0 Å². The second-order valence-electron chi connectivity index (χ2n) is 7.97. The summed E-state index contributed by atoms with van der Waals surface area (Å²) < 4.78 is 0. The maximum atomic E-state index is 12.7. The predicted octanol–water partition coefficient (Wildman–Crippen LogP) is 6.37. The van der Waals surface area contributed by atoms with Crippen molar-refractivity contribution in [2.75, 3.05) is 0 Å². The van der Waals surface area contributed by atoms with Gasteiger partial charge in [-0.15, -0.1) is 0 Å². The first kappa shape index (κ1) is 19.6. The van der Waals surface area contributed by atoms with Gasteiger partial charge in [-0.05, 0) is 18.4 Å². The maximum absolute atomic E-state index is 12.7. The molecular weight excluding hydrogens is 260 g/mol. The fourth-order valence-corrected chi connectivity index (χ4v) is 5.52. The number of rotatable bonds is 9. The van der Waals surface area contributed by atoms with Crippen LogP contribution in [0.25, 0.3) is 0 Å². The highest BCUT2D eigenvalue weighted by atomic mass is 28.3. The quantitative estimate of drug-likeness (QED) is 0.274. The lowest BCUT2D eigenvalue weighted by Crippen LogP contribution is -2.45. The monoisotopic (exact) mass is 296 g/mol. The Hall–Kier alpha value is -0.373. The molecule has 0 bridgehead atoms. The molecule has 1 atom stereocenters. The molecule has 0 N–H and O–H groups in total. The summed E-state index contributed by atoms with van der Waals surface area (Å²) in [5, 5.41) is 0.271. The fourth-order valence-electron chi connectivity index (χ4n) is 2.64. The van der Waals surface area contributed by atoms with E-state index in [0.717, 1.165) is 12.0 Å². The number of carbonyl (C=O) groups excluding carboxylic acids is 1. The third-order valence-electron chi connectivity index (χ3n) is 5.02. The summed E-state index contributed by atoms with van der Waals surface area (Å²) in [6, 6.07) is 0. The molecule has 118 valence electrons. The highest BCUT2D eigenvalue weighted by Gasteiger charge is 2.44. The van der Waals surface area contributed by atoms with Crippen molar-refractivity contribution < 1.29 is 4.79 Å². The Morgan fingerprint density at radius 3 is 2.10 bits per heavy atom. The Kier molecular flexibility index (Phi) is 8.01. The van der Waals surface area contributed by atoms with Crippen LogP contribution >= 0.6 is 0 Å². The van der Waals surface area contributed by atoms with Crippen molar-refractivity contribution in [2.24, 2.45) is 0 Å². The lowest BCUT2D eigenvalue weighted by Gasteiger charge is -2.43. The molecule has 0 saturated heterocycles. The molecule has 0 radical (unpaired) electrons. The van der Waals surface area contributed by atoms with Crippen LogP contribution in [0.15, 0.2) is 12.2 Å². The molecule has 0 aliphatic rings. The van der Waals surface area contributed by atoms with Crippen LogP contribution in [0.4, 0.5) is 0 Å². The zero-order chi connectivity index (χ0) is 16.0. The topological polar surface area (TPSA) is 17.1 Å². The first-order valence-corrected chi connectivity index (χ1v) is 11.3. The summed E-state index contributed by atoms with van der Waals surface area (Å²) in [5.74, 6) is 0.445. The number of hydrogen-bond acceptors (Lipinski definition) is 1. The van der Waals surface area contributed by atoms with Gasteiger partial charge in [0.05, 0.1) is 8.07 Å². The fraction of sp³-hybridized carbons (Fsp3) is 0.833. The number of hydrogen-bond donors (Lipinski definition) is 0. The largest absolute Gasteiger partial charge is 0.299 e. The summed E-state index contributed by atoms with van der Waals surface area (Å²) >= 11 is 0. The van der Waals surface area contributed by atoms with Gasteiger partial charge in [-0.3, -0.25) is 4.79 Å². The van der Waals surface area contributed by atoms with Gasteiger partial charge in [0.1, 0.15) is 5.78 Å². The van der Waals surface area contributed by atoms with E-state index < -0.39 is 8.07 Å². The van der Waals surface area contributed by atoms with Crippen LogP contribution in [0.5, 0.6) is 0 Å². The Bertz CT molecular complexity index is 323. The van der Waals surface area contributed by atoms with Gasteiger partial charge in [-0.25, -0.2) is 0 Å². The van der Waals surface area contributed by atoms with E-state index >= 15 is 0 Å². The molecule has 0 amide bonds. The molecule has 2 heteroatoms. The van der Waals surface area contributed by atoms with E-state index in [0.29, 0.717) is 12.2 Å². The Morgan fingerprint density at radius 1 is 1.15 bits per heavy atom. The average Bonchev–Trinajstić information content (AvgIpc) is 2.25. The van der Waals surface area contributed by atoms with Crippen LogP contribution in [-0.4, -0.2) is 13.9 Å². The van der Waals surface area contributed by atoms with E-state index in [2.05, 4.69) is 47.4 Å². The second kappa shape index (κ2) is 8.16. The highest BCUT2D eigenvalue weighted by molar-refractivity contribution is 6.84. The second-order valence-corrected chi connectivity index (χ2v) is 13.6. The molecule has 1 unspecified atom stereocenters. The standard InChI is InChI=1S/C18H36OSi/c1-9-10-11-12-13-17(16(19)14-15(2)3)20(7,8)18(4,5)6/h17H,2,9-14H2,1,3-8H3. The van der Waals surface area contributed by atoms with Crippen molar-refractivity contribution >= 4 is 13.9 Å².